The maximum atomic E-state index is 12.7. The molecule has 0 aliphatic carbocycles. The zero-order valence-electron chi connectivity index (χ0n) is 13.6. The van der Waals surface area contributed by atoms with Gasteiger partial charge in [0.1, 0.15) is 0 Å². The van der Waals surface area contributed by atoms with Crippen molar-refractivity contribution in [2.45, 2.75) is 19.8 Å². The Labute approximate surface area is 136 Å². The number of hydrogen-bond acceptors (Lipinski definition) is 6. The summed E-state index contributed by atoms with van der Waals surface area (Å²) < 4.78 is 5.35. The molecule has 1 atom stereocenters. The number of likely N-dealkylation sites (tertiary alicyclic amines) is 1. The Kier molecular flexibility index (Phi) is 5.07. The number of amides is 1. The molecule has 0 saturated carbocycles. The van der Waals surface area contributed by atoms with Crippen LogP contribution in [-0.2, 0) is 11.2 Å². The number of aromatic nitrogens is 2. The lowest BCUT2D eigenvalue weighted by Gasteiger charge is -2.27. The van der Waals surface area contributed by atoms with Crippen molar-refractivity contribution >= 4 is 11.9 Å². The average molecular weight is 320 g/mol. The van der Waals surface area contributed by atoms with Crippen molar-refractivity contribution in [3.8, 4) is 0 Å². The smallest absolute Gasteiger partial charge is 0.257 e. The molecule has 0 spiro atoms. The maximum absolute atomic E-state index is 12.7. The molecule has 0 radical (unpaired) electrons. The first kappa shape index (κ1) is 16.1. The van der Waals surface area contributed by atoms with Crippen LogP contribution in [0.15, 0.2) is 6.20 Å². The van der Waals surface area contributed by atoms with E-state index in [9.17, 15) is 9.90 Å². The third-order valence-electron chi connectivity index (χ3n) is 4.55. The number of anilines is 1. The van der Waals surface area contributed by atoms with Gasteiger partial charge in [0.25, 0.3) is 5.91 Å². The Balaban J connectivity index is 1.78. The van der Waals surface area contributed by atoms with Gasteiger partial charge < -0.3 is 19.6 Å². The monoisotopic (exact) mass is 320 g/mol. The highest BCUT2D eigenvalue weighted by Crippen LogP contribution is 2.21. The van der Waals surface area contributed by atoms with Gasteiger partial charge in [0.05, 0.1) is 24.5 Å². The highest BCUT2D eigenvalue weighted by atomic mass is 16.5. The molecule has 1 aromatic heterocycles. The summed E-state index contributed by atoms with van der Waals surface area (Å²) in [5.41, 5.74) is 1.38. The topological polar surface area (TPSA) is 78.8 Å². The van der Waals surface area contributed by atoms with Gasteiger partial charge in [-0.25, -0.2) is 9.97 Å². The van der Waals surface area contributed by atoms with Crippen molar-refractivity contribution in [2.75, 3.05) is 50.9 Å². The van der Waals surface area contributed by atoms with Crippen LogP contribution in [0.25, 0.3) is 0 Å². The standard InChI is InChI=1S/C16H24N4O3/c1-2-14-13(15(22)20-4-3-12(10-20)11-21)9-17-16(18-14)19-5-7-23-8-6-19/h9,12,21H,2-8,10-11H2,1H3. The van der Waals surface area contributed by atoms with E-state index in [1.54, 1.807) is 11.1 Å². The molecule has 3 rings (SSSR count). The normalized spacial score (nSPS) is 21.7. The molecule has 7 heteroatoms. The minimum atomic E-state index is -0.0219. The minimum absolute atomic E-state index is 0.0219. The zero-order chi connectivity index (χ0) is 16.2. The molecule has 2 aliphatic heterocycles. The maximum Gasteiger partial charge on any atom is 0.257 e. The van der Waals surface area contributed by atoms with E-state index in [1.807, 2.05) is 6.92 Å². The summed E-state index contributed by atoms with van der Waals surface area (Å²) in [6.07, 6.45) is 3.21. The lowest BCUT2D eigenvalue weighted by atomic mass is 10.1. The first-order valence-electron chi connectivity index (χ1n) is 8.31. The number of carbonyl (C=O) groups excluding carboxylic acids is 1. The summed E-state index contributed by atoms with van der Waals surface area (Å²) >= 11 is 0. The number of nitrogens with zero attached hydrogens (tertiary/aromatic N) is 4. The van der Waals surface area contributed by atoms with E-state index in [-0.39, 0.29) is 18.4 Å². The van der Waals surface area contributed by atoms with Crippen LogP contribution in [0.4, 0.5) is 5.95 Å². The van der Waals surface area contributed by atoms with Crippen molar-refractivity contribution < 1.29 is 14.6 Å². The molecule has 7 nitrogen and oxygen atoms in total. The van der Waals surface area contributed by atoms with Gasteiger partial charge in [-0.3, -0.25) is 4.79 Å². The summed E-state index contributed by atoms with van der Waals surface area (Å²) in [5, 5.41) is 9.24. The van der Waals surface area contributed by atoms with E-state index in [4.69, 9.17) is 4.74 Å². The van der Waals surface area contributed by atoms with E-state index >= 15 is 0 Å². The highest BCUT2D eigenvalue weighted by molar-refractivity contribution is 5.95. The number of aliphatic hydroxyl groups excluding tert-OH is 1. The number of aryl methyl sites for hydroxylation is 1. The molecule has 23 heavy (non-hydrogen) atoms. The second-order valence-corrected chi connectivity index (χ2v) is 6.07. The van der Waals surface area contributed by atoms with E-state index < -0.39 is 0 Å². The SMILES string of the molecule is CCc1nc(N2CCOCC2)ncc1C(=O)N1CCC(CO)C1. The van der Waals surface area contributed by atoms with Crippen LogP contribution in [0.3, 0.4) is 0 Å². The average Bonchev–Trinajstić information content (AvgIpc) is 3.10. The van der Waals surface area contributed by atoms with Crippen LogP contribution in [0.1, 0.15) is 29.4 Å². The Bertz CT molecular complexity index is 560. The molecule has 126 valence electrons. The van der Waals surface area contributed by atoms with Crippen LogP contribution in [0.2, 0.25) is 0 Å². The Morgan fingerprint density at radius 3 is 2.83 bits per heavy atom. The van der Waals surface area contributed by atoms with Gasteiger partial charge in [-0.1, -0.05) is 6.92 Å². The molecular formula is C16H24N4O3. The fourth-order valence-electron chi connectivity index (χ4n) is 3.11. The number of rotatable bonds is 4. The van der Waals surface area contributed by atoms with Crippen LogP contribution >= 0.6 is 0 Å². The summed E-state index contributed by atoms with van der Waals surface area (Å²) in [6, 6.07) is 0. The minimum Gasteiger partial charge on any atom is -0.396 e. The second kappa shape index (κ2) is 7.23. The fraction of sp³-hybridized carbons (Fsp3) is 0.688. The molecule has 1 unspecified atom stereocenters. The molecule has 2 fully saturated rings. The molecule has 1 aromatic rings. The molecule has 3 heterocycles. The Morgan fingerprint density at radius 1 is 1.39 bits per heavy atom. The Hall–Kier alpha value is -1.73. The third kappa shape index (κ3) is 3.45. The Morgan fingerprint density at radius 2 is 2.17 bits per heavy atom. The van der Waals surface area contributed by atoms with Crippen LogP contribution in [0, 0.1) is 5.92 Å². The van der Waals surface area contributed by atoms with Crippen molar-refractivity contribution in [1.82, 2.24) is 14.9 Å². The van der Waals surface area contributed by atoms with Gasteiger partial charge in [-0.15, -0.1) is 0 Å². The van der Waals surface area contributed by atoms with Crippen molar-refractivity contribution in [3.63, 3.8) is 0 Å². The van der Waals surface area contributed by atoms with Crippen molar-refractivity contribution in [2.24, 2.45) is 5.92 Å². The summed E-state index contributed by atoms with van der Waals surface area (Å²) in [6.45, 7) is 6.37. The molecule has 0 aromatic carbocycles. The van der Waals surface area contributed by atoms with Gasteiger partial charge in [-0.05, 0) is 12.8 Å². The van der Waals surface area contributed by atoms with Gasteiger partial charge >= 0.3 is 0 Å². The molecule has 2 saturated heterocycles. The summed E-state index contributed by atoms with van der Waals surface area (Å²) in [5.74, 6) is 0.847. The summed E-state index contributed by atoms with van der Waals surface area (Å²) in [7, 11) is 0. The largest absolute Gasteiger partial charge is 0.396 e. The number of aliphatic hydroxyl groups is 1. The lowest BCUT2D eigenvalue weighted by Crippen LogP contribution is -2.38. The molecule has 1 N–H and O–H groups in total. The van der Waals surface area contributed by atoms with Gasteiger partial charge in [0, 0.05) is 44.9 Å². The van der Waals surface area contributed by atoms with Crippen molar-refractivity contribution in [1.29, 1.82) is 0 Å². The van der Waals surface area contributed by atoms with Gasteiger partial charge in [0.2, 0.25) is 5.95 Å². The lowest BCUT2D eigenvalue weighted by molar-refractivity contribution is 0.0779. The molecule has 2 aliphatic rings. The zero-order valence-corrected chi connectivity index (χ0v) is 13.6. The molecule has 0 bridgehead atoms. The highest BCUT2D eigenvalue weighted by Gasteiger charge is 2.28. The fourth-order valence-corrected chi connectivity index (χ4v) is 3.11. The van der Waals surface area contributed by atoms with E-state index in [0.717, 1.165) is 25.2 Å². The molecule has 1 amide bonds. The predicted octanol–water partition coefficient (Wildman–Crippen LogP) is 0.330. The number of carbonyl (C=O) groups is 1. The second-order valence-electron chi connectivity index (χ2n) is 6.07. The number of hydrogen-bond donors (Lipinski definition) is 1. The van der Waals surface area contributed by atoms with Gasteiger partial charge in [-0.2, -0.15) is 0 Å². The van der Waals surface area contributed by atoms with Gasteiger partial charge in [0.15, 0.2) is 0 Å². The third-order valence-corrected chi connectivity index (χ3v) is 4.55. The molecular weight excluding hydrogens is 296 g/mol. The van der Waals surface area contributed by atoms with E-state index in [1.165, 1.54) is 0 Å². The number of morpholine rings is 1. The van der Waals surface area contributed by atoms with Crippen LogP contribution in [0.5, 0.6) is 0 Å². The van der Waals surface area contributed by atoms with E-state index in [2.05, 4.69) is 14.9 Å². The van der Waals surface area contributed by atoms with Crippen LogP contribution in [-0.4, -0.2) is 71.9 Å². The predicted molar refractivity (Wildman–Crippen MR) is 85.5 cm³/mol. The first-order valence-corrected chi connectivity index (χ1v) is 8.31. The van der Waals surface area contributed by atoms with Crippen molar-refractivity contribution in [3.05, 3.63) is 17.5 Å². The quantitative estimate of drug-likeness (QED) is 0.861. The van der Waals surface area contributed by atoms with E-state index in [0.29, 0.717) is 44.2 Å². The summed E-state index contributed by atoms with van der Waals surface area (Å²) in [4.78, 5) is 25.6. The van der Waals surface area contributed by atoms with Crippen LogP contribution < -0.4 is 4.90 Å². The number of ether oxygens (including phenoxy) is 1. The first-order chi connectivity index (χ1) is 11.2.